The molecule has 2 fully saturated rings. The first-order valence-electron chi connectivity index (χ1n) is 10.4. The highest BCUT2D eigenvalue weighted by Gasteiger charge is 2.59. The monoisotopic (exact) mass is 391 g/mol. The topological polar surface area (TPSA) is 66.8 Å². The van der Waals surface area contributed by atoms with Gasteiger partial charge >= 0.3 is 12.1 Å². The molecule has 0 saturated heterocycles. The summed E-state index contributed by atoms with van der Waals surface area (Å²) in [6.45, 7) is 2.26. The summed E-state index contributed by atoms with van der Waals surface area (Å²) in [5, 5.41) is 9.89. The molecule has 2 saturated carbocycles. The van der Waals surface area contributed by atoms with E-state index in [1.54, 1.807) is 4.90 Å². The Bertz CT molecular complexity index is 929. The predicted molar refractivity (Wildman–Crippen MR) is 109 cm³/mol. The maximum Gasteiger partial charge on any atom is 0.411 e. The van der Waals surface area contributed by atoms with E-state index in [0.717, 1.165) is 24.0 Å². The molecule has 150 valence electrons. The van der Waals surface area contributed by atoms with Crippen LogP contribution in [0.2, 0.25) is 0 Å². The fourth-order valence-electron chi connectivity index (χ4n) is 5.24. The minimum absolute atomic E-state index is 0.00532. The average Bonchev–Trinajstić information content (AvgIpc) is 3.47. The summed E-state index contributed by atoms with van der Waals surface area (Å²) < 4.78 is 5.79. The number of amides is 1. The van der Waals surface area contributed by atoms with Crippen molar-refractivity contribution in [1.82, 2.24) is 4.90 Å². The van der Waals surface area contributed by atoms with Crippen LogP contribution in [0.15, 0.2) is 48.5 Å². The lowest BCUT2D eigenvalue weighted by molar-refractivity contribution is -0.161. The predicted octanol–water partition coefficient (Wildman–Crippen LogP) is 4.65. The summed E-state index contributed by atoms with van der Waals surface area (Å²) in [4.78, 5) is 26.7. The number of nitrogens with zero attached hydrogens (tertiary/aromatic N) is 1. The van der Waals surface area contributed by atoms with Gasteiger partial charge < -0.3 is 9.84 Å². The summed E-state index contributed by atoms with van der Waals surface area (Å²) in [6, 6.07) is 16.4. The van der Waals surface area contributed by atoms with Gasteiger partial charge in [-0.3, -0.25) is 4.90 Å². The van der Waals surface area contributed by atoms with E-state index in [1.807, 2.05) is 31.2 Å². The zero-order chi connectivity index (χ0) is 20.2. The van der Waals surface area contributed by atoms with Gasteiger partial charge in [0.05, 0.1) is 0 Å². The zero-order valence-corrected chi connectivity index (χ0v) is 16.5. The van der Waals surface area contributed by atoms with Crippen molar-refractivity contribution < 1.29 is 19.4 Å². The Balaban J connectivity index is 1.38. The maximum absolute atomic E-state index is 13.1. The molecule has 5 rings (SSSR count). The molecule has 1 N–H and O–H groups in total. The van der Waals surface area contributed by atoms with Crippen LogP contribution in [0.3, 0.4) is 0 Å². The summed E-state index contributed by atoms with van der Waals surface area (Å²) in [5.74, 6) is -0.613. The number of hydrogen-bond donors (Lipinski definition) is 1. The molecule has 5 nitrogen and oxygen atoms in total. The lowest BCUT2D eigenvalue weighted by Crippen LogP contribution is -2.64. The molecule has 0 radical (unpaired) electrons. The van der Waals surface area contributed by atoms with Crippen LogP contribution in [0.1, 0.15) is 49.7 Å². The van der Waals surface area contributed by atoms with Gasteiger partial charge in [0.25, 0.3) is 0 Å². The Kier molecular flexibility index (Phi) is 4.16. The highest BCUT2D eigenvalue weighted by Crippen LogP contribution is 2.48. The van der Waals surface area contributed by atoms with Gasteiger partial charge in [-0.05, 0) is 53.9 Å². The SMILES string of the molecule is CC1CC(C(=O)O)(N(C(=O)OCC2c3ccccc3-c3ccccc32)C2CC2)C1. The molecule has 0 atom stereocenters. The van der Waals surface area contributed by atoms with E-state index in [2.05, 4.69) is 24.3 Å². The van der Waals surface area contributed by atoms with Gasteiger partial charge in [0.2, 0.25) is 0 Å². The van der Waals surface area contributed by atoms with Crippen molar-refractivity contribution in [2.75, 3.05) is 6.61 Å². The minimum atomic E-state index is -1.09. The van der Waals surface area contributed by atoms with Gasteiger partial charge in [0, 0.05) is 12.0 Å². The van der Waals surface area contributed by atoms with Crippen molar-refractivity contribution in [3.63, 3.8) is 0 Å². The maximum atomic E-state index is 13.1. The quantitative estimate of drug-likeness (QED) is 0.805. The standard InChI is InChI=1S/C24H25NO4/c1-15-12-24(13-15,22(26)27)25(16-10-11-16)23(28)29-14-21-19-8-4-2-6-17(19)18-7-3-5-9-20(18)21/h2-9,15-16,21H,10-14H2,1H3,(H,26,27). The highest BCUT2D eigenvalue weighted by atomic mass is 16.6. The van der Waals surface area contributed by atoms with E-state index in [9.17, 15) is 14.7 Å². The Morgan fingerprint density at radius 1 is 1.03 bits per heavy atom. The summed E-state index contributed by atoms with van der Waals surface area (Å²) in [6.07, 6.45) is 2.23. The Morgan fingerprint density at radius 3 is 2.07 bits per heavy atom. The summed E-state index contributed by atoms with van der Waals surface area (Å²) in [7, 11) is 0. The number of carbonyl (C=O) groups excluding carboxylic acids is 1. The van der Waals surface area contributed by atoms with E-state index in [0.29, 0.717) is 18.8 Å². The number of carboxylic acid groups (broad SMARTS) is 1. The van der Waals surface area contributed by atoms with Crippen LogP contribution in [0, 0.1) is 5.92 Å². The van der Waals surface area contributed by atoms with E-state index in [4.69, 9.17) is 4.74 Å². The number of hydrogen-bond acceptors (Lipinski definition) is 3. The molecule has 0 aromatic heterocycles. The molecular formula is C24H25NO4. The van der Waals surface area contributed by atoms with E-state index in [1.165, 1.54) is 11.1 Å². The molecule has 1 amide bonds. The van der Waals surface area contributed by atoms with Gasteiger partial charge in [-0.2, -0.15) is 0 Å². The van der Waals surface area contributed by atoms with Crippen LogP contribution >= 0.6 is 0 Å². The molecule has 29 heavy (non-hydrogen) atoms. The van der Waals surface area contributed by atoms with Crippen molar-refractivity contribution in [2.45, 2.75) is 50.1 Å². The van der Waals surface area contributed by atoms with Gasteiger partial charge in [0.1, 0.15) is 12.1 Å². The largest absolute Gasteiger partial charge is 0.479 e. The average molecular weight is 391 g/mol. The smallest absolute Gasteiger partial charge is 0.411 e. The lowest BCUT2D eigenvalue weighted by Gasteiger charge is -2.49. The number of rotatable bonds is 5. The van der Waals surface area contributed by atoms with E-state index < -0.39 is 17.6 Å². The molecule has 0 unspecified atom stereocenters. The Morgan fingerprint density at radius 2 is 1.59 bits per heavy atom. The second-order valence-corrected chi connectivity index (χ2v) is 8.76. The molecular weight excluding hydrogens is 366 g/mol. The van der Waals surface area contributed by atoms with Crippen molar-refractivity contribution in [1.29, 1.82) is 0 Å². The van der Waals surface area contributed by atoms with E-state index in [-0.39, 0.29) is 18.6 Å². The molecule has 5 heteroatoms. The third kappa shape index (κ3) is 2.83. The summed E-state index contributed by atoms with van der Waals surface area (Å²) >= 11 is 0. The molecule has 2 aromatic rings. The van der Waals surface area contributed by atoms with Crippen LogP contribution in [0.25, 0.3) is 11.1 Å². The number of aliphatic carboxylic acids is 1. The van der Waals surface area contributed by atoms with Crippen molar-refractivity contribution >= 4 is 12.1 Å². The van der Waals surface area contributed by atoms with Gasteiger partial charge in [0.15, 0.2) is 0 Å². The third-order valence-corrected chi connectivity index (χ3v) is 6.68. The Labute approximate surface area is 170 Å². The first-order chi connectivity index (χ1) is 14.0. The molecule has 0 aliphatic heterocycles. The van der Waals surface area contributed by atoms with Crippen molar-refractivity contribution in [2.24, 2.45) is 5.92 Å². The number of fused-ring (bicyclic) bond motifs is 3. The molecule has 0 heterocycles. The first-order valence-corrected chi connectivity index (χ1v) is 10.4. The van der Waals surface area contributed by atoms with Crippen LogP contribution in [0.4, 0.5) is 4.79 Å². The molecule has 3 aliphatic rings. The van der Waals surface area contributed by atoms with Gasteiger partial charge in [-0.15, -0.1) is 0 Å². The number of carboxylic acids is 1. The minimum Gasteiger partial charge on any atom is -0.479 e. The molecule has 0 bridgehead atoms. The second kappa shape index (κ2) is 6.61. The fraction of sp³-hybridized carbons (Fsp3) is 0.417. The highest BCUT2D eigenvalue weighted by molar-refractivity contribution is 5.86. The lowest BCUT2D eigenvalue weighted by atomic mass is 9.68. The number of ether oxygens (including phenoxy) is 1. The second-order valence-electron chi connectivity index (χ2n) is 8.76. The van der Waals surface area contributed by atoms with Crippen LogP contribution in [-0.2, 0) is 9.53 Å². The third-order valence-electron chi connectivity index (χ3n) is 6.68. The molecule has 0 spiro atoms. The van der Waals surface area contributed by atoms with Crippen molar-refractivity contribution in [3.05, 3.63) is 59.7 Å². The normalized spacial score (nSPS) is 24.9. The van der Waals surface area contributed by atoms with Crippen LogP contribution < -0.4 is 0 Å². The first kappa shape index (κ1) is 18.2. The van der Waals surface area contributed by atoms with Gasteiger partial charge in [-0.1, -0.05) is 55.5 Å². The fourth-order valence-corrected chi connectivity index (χ4v) is 5.24. The Hall–Kier alpha value is -2.82. The zero-order valence-electron chi connectivity index (χ0n) is 16.5. The number of carbonyl (C=O) groups is 2. The van der Waals surface area contributed by atoms with E-state index >= 15 is 0 Å². The van der Waals surface area contributed by atoms with Crippen LogP contribution in [0.5, 0.6) is 0 Å². The number of benzene rings is 2. The van der Waals surface area contributed by atoms with Crippen LogP contribution in [-0.4, -0.2) is 40.3 Å². The van der Waals surface area contributed by atoms with Crippen molar-refractivity contribution in [3.8, 4) is 11.1 Å². The molecule has 3 aliphatic carbocycles. The summed E-state index contributed by atoms with van der Waals surface area (Å²) in [5.41, 5.74) is 3.58. The molecule has 2 aromatic carbocycles. The van der Waals surface area contributed by atoms with Gasteiger partial charge in [-0.25, -0.2) is 9.59 Å².